The number of hydrogen-bond acceptors (Lipinski definition) is 5. The summed E-state index contributed by atoms with van der Waals surface area (Å²) in [5.74, 6) is -0.158. The van der Waals surface area contributed by atoms with Crippen molar-refractivity contribution in [3.05, 3.63) is 63.6 Å². The maximum absolute atomic E-state index is 11.3. The maximum atomic E-state index is 11.3. The first-order valence-corrected chi connectivity index (χ1v) is 6.51. The molecule has 0 bridgehead atoms. The highest BCUT2D eigenvalue weighted by Crippen LogP contribution is 2.33. The molecule has 1 aromatic heterocycles. The molecule has 0 saturated carbocycles. The number of aliphatic hydroxyl groups excluding tert-OH is 1. The fraction of sp³-hybridized carbons (Fsp3) is 0.125. The molecule has 1 unspecified atom stereocenters. The summed E-state index contributed by atoms with van der Waals surface area (Å²) in [6.45, 7) is 0. The van der Waals surface area contributed by atoms with Gasteiger partial charge in [-0.25, -0.2) is 4.79 Å². The van der Waals surface area contributed by atoms with Crippen molar-refractivity contribution in [3.63, 3.8) is 0 Å². The minimum atomic E-state index is -0.953. The fourth-order valence-corrected chi connectivity index (χ4v) is 2.31. The Morgan fingerprint density at radius 3 is 2.68 bits per heavy atom. The molecule has 0 saturated heterocycles. The van der Waals surface area contributed by atoms with E-state index in [-0.39, 0.29) is 0 Å². The van der Waals surface area contributed by atoms with E-state index in [0.717, 1.165) is 0 Å². The second-order valence-corrected chi connectivity index (χ2v) is 4.74. The molecule has 3 rings (SSSR count). The van der Waals surface area contributed by atoms with Crippen molar-refractivity contribution < 1.29 is 14.3 Å². The number of rotatable bonds is 3. The van der Waals surface area contributed by atoms with Gasteiger partial charge in [0.1, 0.15) is 11.9 Å². The summed E-state index contributed by atoms with van der Waals surface area (Å²) in [7, 11) is 1.47. The molecule has 1 heterocycles. The molecular formula is C16H12N2O4. The second-order valence-electron chi connectivity index (χ2n) is 4.74. The van der Waals surface area contributed by atoms with Crippen molar-refractivity contribution in [2.24, 2.45) is 0 Å². The zero-order valence-electron chi connectivity index (χ0n) is 11.7. The van der Waals surface area contributed by atoms with E-state index in [1.54, 1.807) is 36.4 Å². The number of aromatic nitrogens is 1. The molecule has 0 aliphatic rings. The molecule has 0 fully saturated rings. The largest absolute Gasteiger partial charge is 0.496 e. The molecule has 110 valence electrons. The van der Waals surface area contributed by atoms with Crippen LogP contribution >= 0.6 is 0 Å². The van der Waals surface area contributed by atoms with Crippen molar-refractivity contribution in [2.75, 3.05) is 7.11 Å². The first-order valence-electron chi connectivity index (χ1n) is 6.51. The first-order chi connectivity index (χ1) is 10.6. The van der Waals surface area contributed by atoms with Gasteiger partial charge in [-0.15, -0.1) is 0 Å². The standard InChI is InChI=1S/C16H12N2O4/c1-21-13-7-14-12(18-16(20)22-14)6-11(13)15(19)10-4-2-9(8-17)3-5-10/h2-7,15,19H,1H3,(H,18,20). The van der Waals surface area contributed by atoms with E-state index in [1.165, 1.54) is 7.11 Å². The zero-order valence-corrected chi connectivity index (χ0v) is 11.7. The highest BCUT2D eigenvalue weighted by molar-refractivity contribution is 5.76. The molecule has 0 aliphatic heterocycles. The number of nitriles is 1. The second kappa shape index (κ2) is 5.39. The molecule has 0 radical (unpaired) electrons. The Morgan fingerprint density at radius 2 is 2.05 bits per heavy atom. The predicted molar refractivity (Wildman–Crippen MR) is 78.6 cm³/mol. The van der Waals surface area contributed by atoms with Crippen LogP contribution in [0.25, 0.3) is 11.1 Å². The van der Waals surface area contributed by atoms with Crippen LogP contribution in [0.2, 0.25) is 0 Å². The number of nitrogens with zero attached hydrogens (tertiary/aromatic N) is 1. The number of aliphatic hydroxyl groups is 1. The topological polar surface area (TPSA) is 99.2 Å². The number of oxazole rings is 1. The number of methoxy groups -OCH3 is 1. The van der Waals surface area contributed by atoms with E-state index in [0.29, 0.717) is 33.5 Å². The van der Waals surface area contributed by atoms with Crippen LogP contribution in [-0.4, -0.2) is 17.2 Å². The van der Waals surface area contributed by atoms with E-state index in [4.69, 9.17) is 14.4 Å². The van der Waals surface area contributed by atoms with Gasteiger partial charge >= 0.3 is 5.76 Å². The minimum Gasteiger partial charge on any atom is -0.496 e. The van der Waals surface area contributed by atoms with Crippen LogP contribution in [-0.2, 0) is 0 Å². The van der Waals surface area contributed by atoms with Gasteiger partial charge in [0.15, 0.2) is 5.58 Å². The lowest BCUT2D eigenvalue weighted by molar-refractivity contribution is 0.215. The summed E-state index contributed by atoms with van der Waals surface area (Å²) >= 11 is 0. The lowest BCUT2D eigenvalue weighted by Crippen LogP contribution is -2.02. The molecule has 22 heavy (non-hydrogen) atoms. The SMILES string of the molecule is COc1cc2oc(=O)[nH]c2cc1C(O)c1ccc(C#N)cc1. The number of fused-ring (bicyclic) bond motifs is 1. The normalized spacial score (nSPS) is 12.0. The van der Waals surface area contributed by atoms with Gasteiger partial charge in [-0.1, -0.05) is 12.1 Å². The van der Waals surface area contributed by atoms with E-state index >= 15 is 0 Å². The number of hydrogen-bond donors (Lipinski definition) is 2. The predicted octanol–water partition coefficient (Wildman–Crippen LogP) is 2.08. The van der Waals surface area contributed by atoms with E-state index in [2.05, 4.69) is 4.98 Å². The summed E-state index contributed by atoms with van der Waals surface area (Å²) in [6, 6.07) is 11.8. The maximum Gasteiger partial charge on any atom is 0.417 e. The average Bonchev–Trinajstić information content (AvgIpc) is 2.92. The Bertz CT molecular complexity index is 916. The summed E-state index contributed by atoms with van der Waals surface area (Å²) < 4.78 is 10.2. The van der Waals surface area contributed by atoms with Gasteiger partial charge < -0.3 is 14.3 Å². The van der Waals surface area contributed by atoms with E-state index in [1.807, 2.05) is 6.07 Å². The quantitative estimate of drug-likeness (QED) is 0.771. The molecule has 2 aromatic carbocycles. The minimum absolute atomic E-state index is 0.359. The lowest BCUT2D eigenvalue weighted by atomic mass is 9.99. The molecule has 0 aliphatic carbocycles. The lowest BCUT2D eigenvalue weighted by Gasteiger charge is -2.15. The molecule has 3 aromatic rings. The third-order valence-corrected chi connectivity index (χ3v) is 3.42. The van der Waals surface area contributed by atoms with Crippen LogP contribution < -0.4 is 10.5 Å². The van der Waals surface area contributed by atoms with Crippen LogP contribution in [0.15, 0.2) is 45.6 Å². The van der Waals surface area contributed by atoms with Crippen LogP contribution in [0.1, 0.15) is 22.8 Å². The smallest absolute Gasteiger partial charge is 0.417 e. The highest BCUT2D eigenvalue weighted by Gasteiger charge is 2.18. The molecule has 0 amide bonds. The van der Waals surface area contributed by atoms with Crippen LogP contribution in [0, 0.1) is 11.3 Å². The number of benzene rings is 2. The van der Waals surface area contributed by atoms with Crippen molar-refractivity contribution >= 4 is 11.1 Å². The highest BCUT2D eigenvalue weighted by atomic mass is 16.5. The molecule has 6 nitrogen and oxygen atoms in total. The van der Waals surface area contributed by atoms with Crippen molar-refractivity contribution in [1.29, 1.82) is 5.26 Å². The Morgan fingerprint density at radius 1 is 1.32 bits per heavy atom. The average molecular weight is 296 g/mol. The number of nitrogens with one attached hydrogen (secondary N) is 1. The van der Waals surface area contributed by atoms with E-state index in [9.17, 15) is 9.90 Å². The number of ether oxygens (including phenoxy) is 1. The molecule has 0 spiro atoms. The van der Waals surface area contributed by atoms with Crippen molar-refractivity contribution in [1.82, 2.24) is 4.98 Å². The van der Waals surface area contributed by atoms with Gasteiger partial charge in [-0.3, -0.25) is 4.98 Å². The van der Waals surface area contributed by atoms with Gasteiger partial charge in [0.2, 0.25) is 0 Å². The Balaban J connectivity index is 2.10. The summed E-state index contributed by atoms with van der Waals surface area (Å²) in [5.41, 5.74) is 2.46. The van der Waals surface area contributed by atoms with Crippen LogP contribution in [0.3, 0.4) is 0 Å². The van der Waals surface area contributed by atoms with Gasteiger partial charge in [-0.2, -0.15) is 5.26 Å². The van der Waals surface area contributed by atoms with Gasteiger partial charge in [0.05, 0.1) is 24.3 Å². The fourth-order valence-electron chi connectivity index (χ4n) is 2.31. The molecular weight excluding hydrogens is 284 g/mol. The Kier molecular flexibility index (Phi) is 3.41. The van der Waals surface area contributed by atoms with Crippen molar-refractivity contribution in [3.8, 4) is 11.8 Å². The Labute approximate surface area is 125 Å². The monoisotopic (exact) mass is 296 g/mol. The van der Waals surface area contributed by atoms with Crippen LogP contribution in [0.4, 0.5) is 0 Å². The molecule has 1 atom stereocenters. The summed E-state index contributed by atoms with van der Waals surface area (Å²) in [4.78, 5) is 13.8. The van der Waals surface area contributed by atoms with E-state index < -0.39 is 11.9 Å². The molecule has 6 heteroatoms. The zero-order chi connectivity index (χ0) is 15.7. The first kappa shape index (κ1) is 13.9. The van der Waals surface area contributed by atoms with Gasteiger partial charge in [0, 0.05) is 11.6 Å². The third kappa shape index (κ3) is 2.34. The van der Waals surface area contributed by atoms with Crippen LogP contribution in [0.5, 0.6) is 5.75 Å². The Hall–Kier alpha value is -3.04. The third-order valence-electron chi connectivity index (χ3n) is 3.42. The van der Waals surface area contributed by atoms with Crippen molar-refractivity contribution in [2.45, 2.75) is 6.10 Å². The summed E-state index contributed by atoms with van der Waals surface area (Å²) in [6.07, 6.45) is -0.953. The van der Waals surface area contributed by atoms with Gasteiger partial charge in [-0.05, 0) is 23.8 Å². The summed E-state index contributed by atoms with van der Waals surface area (Å²) in [5, 5.41) is 19.4. The van der Waals surface area contributed by atoms with Gasteiger partial charge in [0.25, 0.3) is 0 Å². The number of aromatic amines is 1. The number of H-pyrrole nitrogens is 1. The molecule has 2 N–H and O–H groups in total.